The maximum atomic E-state index is 5.65. The highest BCUT2D eigenvalue weighted by Gasteiger charge is 2.31. The summed E-state index contributed by atoms with van der Waals surface area (Å²) in [6, 6.07) is 0.735. The lowest BCUT2D eigenvalue weighted by molar-refractivity contribution is 0.114. The molecule has 2 atom stereocenters. The fraction of sp³-hybridized carbons (Fsp3) is 1.00. The Bertz CT molecular complexity index is 195. The van der Waals surface area contributed by atoms with Crippen LogP contribution in [0.1, 0.15) is 39.5 Å². The van der Waals surface area contributed by atoms with Crippen molar-refractivity contribution >= 4 is 0 Å². The third kappa shape index (κ3) is 5.84. The second kappa shape index (κ2) is 8.06. The van der Waals surface area contributed by atoms with Gasteiger partial charge in [-0.2, -0.15) is 0 Å². The van der Waals surface area contributed by atoms with Crippen LogP contribution in [0, 0.1) is 11.8 Å². The van der Waals surface area contributed by atoms with Crippen molar-refractivity contribution in [1.82, 2.24) is 4.90 Å². The van der Waals surface area contributed by atoms with Gasteiger partial charge in [-0.05, 0) is 57.5 Å². The minimum Gasteiger partial charge on any atom is -0.383 e. The van der Waals surface area contributed by atoms with Crippen molar-refractivity contribution in [3.05, 3.63) is 0 Å². The molecule has 1 rings (SSSR count). The summed E-state index contributed by atoms with van der Waals surface area (Å²) >= 11 is 0. The Morgan fingerprint density at radius 3 is 2.53 bits per heavy atom. The number of ether oxygens (including phenoxy) is 1. The van der Waals surface area contributed by atoms with Gasteiger partial charge in [0.05, 0.1) is 6.61 Å². The Balaban J connectivity index is 2.24. The molecule has 0 spiro atoms. The fourth-order valence-corrected chi connectivity index (χ4v) is 2.37. The maximum absolute atomic E-state index is 5.65. The summed E-state index contributed by atoms with van der Waals surface area (Å²) in [5, 5.41) is 0. The molecule has 0 heterocycles. The van der Waals surface area contributed by atoms with Crippen molar-refractivity contribution in [2.24, 2.45) is 17.6 Å². The lowest BCUT2D eigenvalue weighted by Crippen LogP contribution is -2.38. The molecule has 1 aliphatic carbocycles. The highest BCUT2D eigenvalue weighted by atomic mass is 16.5. The van der Waals surface area contributed by atoms with E-state index in [-0.39, 0.29) is 0 Å². The van der Waals surface area contributed by atoms with Crippen LogP contribution in [-0.2, 0) is 4.74 Å². The first kappa shape index (κ1) is 14.9. The van der Waals surface area contributed by atoms with Gasteiger partial charge in [0.25, 0.3) is 0 Å². The Hall–Kier alpha value is -0.120. The average molecular weight is 242 g/mol. The van der Waals surface area contributed by atoms with Crippen molar-refractivity contribution in [3.63, 3.8) is 0 Å². The molecular weight excluding hydrogens is 212 g/mol. The van der Waals surface area contributed by atoms with Crippen molar-refractivity contribution in [1.29, 1.82) is 0 Å². The van der Waals surface area contributed by atoms with Crippen LogP contribution in [0.3, 0.4) is 0 Å². The van der Waals surface area contributed by atoms with E-state index in [1.165, 1.54) is 32.2 Å². The molecule has 17 heavy (non-hydrogen) atoms. The first-order valence-electron chi connectivity index (χ1n) is 7.12. The zero-order valence-corrected chi connectivity index (χ0v) is 11.8. The first-order valence-corrected chi connectivity index (χ1v) is 7.12. The van der Waals surface area contributed by atoms with Gasteiger partial charge in [-0.15, -0.1) is 0 Å². The summed E-state index contributed by atoms with van der Waals surface area (Å²) in [6.45, 7) is 8.56. The average Bonchev–Trinajstić information content (AvgIpc) is 3.16. The highest BCUT2D eigenvalue weighted by Crippen LogP contribution is 2.35. The quantitative estimate of drug-likeness (QED) is 0.637. The maximum Gasteiger partial charge on any atom is 0.0589 e. The van der Waals surface area contributed by atoms with Crippen molar-refractivity contribution in [2.75, 3.05) is 33.4 Å². The molecule has 3 nitrogen and oxygen atoms in total. The molecular formula is C14H30N2O. The summed E-state index contributed by atoms with van der Waals surface area (Å²) in [5.41, 5.74) is 5.65. The molecule has 0 saturated heterocycles. The second-order valence-electron chi connectivity index (χ2n) is 5.59. The third-order valence-electron chi connectivity index (χ3n) is 4.01. The summed E-state index contributed by atoms with van der Waals surface area (Å²) in [7, 11) is 1.79. The predicted molar refractivity (Wildman–Crippen MR) is 73.1 cm³/mol. The number of nitrogens with zero attached hydrogens (tertiary/aromatic N) is 1. The molecule has 3 heteroatoms. The van der Waals surface area contributed by atoms with E-state index in [9.17, 15) is 0 Å². The predicted octanol–water partition coefficient (Wildman–Crippen LogP) is 2.11. The lowest BCUT2D eigenvalue weighted by atomic mass is 10.1. The number of hydrogen-bond acceptors (Lipinski definition) is 3. The molecule has 0 radical (unpaired) electrons. The van der Waals surface area contributed by atoms with E-state index in [4.69, 9.17) is 10.5 Å². The largest absolute Gasteiger partial charge is 0.383 e. The molecule has 1 aliphatic rings. The van der Waals surface area contributed by atoms with E-state index in [0.717, 1.165) is 31.7 Å². The molecule has 0 aromatic rings. The number of rotatable bonds is 10. The fourth-order valence-electron chi connectivity index (χ4n) is 2.37. The van der Waals surface area contributed by atoms with Gasteiger partial charge in [0.2, 0.25) is 0 Å². The smallest absolute Gasteiger partial charge is 0.0589 e. The van der Waals surface area contributed by atoms with E-state index in [2.05, 4.69) is 18.7 Å². The van der Waals surface area contributed by atoms with E-state index in [1.807, 2.05) is 0 Å². The van der Waals surface area contributed by atoms with Gasteiger partial charge in [0, 0.05) is 19.7 Å². The molecule has 1 saturated carbocycles. The molecule has 2 N–H and O–H groups in total. The number of hydrogen-bond donors (Lipinski definition) is 1. The van der Waals surface area contributed by atoms with Gasteiger partial charge in [0.1, 0.15) is 0 Å². The van der Waals surface area contributed by atoms with Crippen LogP contribution in [-0.4, -0.2) is 44.3 Å². The molecule has 0 aliphatic heterocycles. The van der Waals surface area contributed by atoms with Gasteiger partial charge in [0.15, 0.2) is 0 Å². The van der Waals surface area contributed by atoms with Crippen LogP contribution >= 0.6 is 0 Å². The summed E-state index contributed by atoms with van der Waals surface area (Å²) in [5.74, 6) is 1.61. The van der Waals surface area contributed by atoms with Gasteiger partial charge in [-0.25, -0.2) is 0 Å². The van der Waals surface area contributed by atoms with E-state index < -0.39 is 0 Å². The molecule has 0 bridgehead atoms. The molecule has 0 aromatic carbocycles. The summed E-state index contributed by atoms with van der Waals surface area (Å²) in [6.07, 6.45) is 5.35. The van der Waals surface area contributed by atoms with Crippen LogP contribution in [0.15, 0.2) is 0 Å². The third-order valence-corrected chi connectivity index (χ3v) is 4.01. The topological polar surface area (TPSA) is 38.5 Å². The number of nitrogens with two attached hydrogens (primary N) is 1. The Morgan fingerprint density at radius 2 is 2.00 bits per heavy atom. The Kier molecular flexibility index (Phi) is 7.09. The number of methoxy groups -OCH3 is 1. The minimum atomic E-state index is 0.663. The van der Waals surface area contributed by atoms with Crippen LogP contribution in [0.4, 0.5) is 0 Å². The molecule has 0 aromatic heterocycles. The van der Waals surface area contributed by atoms with E-state index >= 15 is 0 Å². The highest BCUT2D eigenvalue weighted by molar-refractivity contribution is 4.85. The van der Waals surface area contributed by atoms with Gasteiger partial charge in [-0.1, -0.05) is 6.92 Å². The molecule has 102 valence electrons. The second-order valence-corrected chi connectivity index (χ2v) is 5.59. The Labute approximate surface area is 107 Å². The van der Waals surface area contributed by atoms with E-state index in [1.54, 1.807) is 7.11 Å². The van der Waals surface area contributed by atoms with Gasteiger partial charge < -0.3 is 10.5 Å². The van der Waals surface area contributed by atoms with Crippen LogP contribution in [0.25, 0.3) is 0 Å². The molecule has 2 unspecified atom stereocenters. The van der Waals surface area contributed by atoms with E-state index in [0.29, 0.717) is 5.92 Å². The standard InChI is InChI=1S/C14H30N2O/c1-12(11-15)5-4-8-16(9-10-17-3)13(2)14-6-7-14/h12-14H,4-11,15H2,1-3H3. The molecule has 1 fully saturated rings. The lowest BCUT2D eigenvalue weighted by Gasteiger charge is -2.29. The first-order chi connectivity index (χ1) is 8.19. The normalized spacial score (nSPS) is 19.6. The monoisotopic (exact) mass is 242 g/mol. The van der Waals surface area contributed by atoms with Gasteiger partial charge >= 0.3 is 0 Å². The van der Waals surface area contributed by atoms with Crippen LogP contribution in [0.5, 0.6) is 0 Å². The molecule has 0 amide bonds. The van der Waals surface area contributed by atoms with Crippen LogP contribution < -0.4 is 5.73 Å². The summed E-state index contributed by atoms with van der Waals surface area (Å²) < 4.78 is 5.21. The zero-order chi connectivity index (χ0) is 12.7. The SMILES string of the molecule is COCCN(CCCC(C)CN)C(C)C1CC1. The Morgan fingerprint density at radius 1 is 1.29 bits per heavy atom. The van der Waals surface area contributed by atoms with Gasteiger partial charge in [-0.3, -0.25) is 4.90 Å². The van der Waals surface area contributed by atoms with Crippen molar-refractivity contribution < 1.29 is 4.74 Å². The van der Waals surface area contributed by atoms with Crippen molar-refractivity contribution in [3.8, 4) is 0 Å². The van der Waals surface area contributed by atoms with Crippen molar-refractivity contribution in [2.45, 2.75) is 45.6 Å². The minimum absolute atomic E-state index is 0.663. The summed E-state index contributed by atoms with van der Waals surface area (Å²) in [4.78, 5) is 2.60. The van der Waals surface area contributed by atoms with Crippen LogP contribution in [0.2, 0.25) is 0 Å². The zero-order valence-electron chi connectivity index (χ0n) is 11.8.